The lowest BCUT2D eigenvalue weighted by molar-refractivity contribution is -0.123. The first-order valence-corrected chi connectivity index (χ1v) is 12.3. The summed E-state index contributed by atoms with van der Waals surface area (Å²) >= 11 is 3.14. The molecule has 2 N–H and O–H groups in total. The van der Waals surface area contributed by atoms with Crippen molar-refractivity contribution in [1.82, 2.24) is 20.5 Å². The zero-order valence-electron chi connectivity index (χ0n) is 16.3. The van der Waals surface area contributed by atoms with Gasteiger partial charge in [-0.05, 0) is 80.1 Å². The normalized spacial score (nSPS) is 31.8. The van der Waals surface area contributed by atoms with Crippen LogP contribution in [0.5, 0.6) is 0 Å². The van der Waals surface area contributed by atoms with Crippen molar-refractivity contribution in [3.8, 4) is 0 Å². The minimum absolute atomic E-state index is 0.109. The van der Waals surface area contributed by atoms with Crippen molar-refractivity contribution >= 4 is 29.0 Å². The van der Waals surface area contributed by atoms with Gasteiger partial charge in [0.05, 0.1) is 5.75 Å². The molecule has 150 valence electrons. The molecule has 28 heavy (non-hydrogen) atoms. The molecule has 1 unspecified atom stereocenters. The van der Waals surface area contributed by atoms with Crippen LogP contribution in [0.15, 0.2) is 22.7 Å². The third-order valence-electron chi connectivity index (χ3n) is 7.15. The van der Waals surface area contributed by atoms with Gasteiger partial charge in [-0.25, -0.2) is 4.98 Å². The highest BCUT2D eigenvalue weighted by atomic mass is 32.2. The second-order valence-corrected chi connectivity index (χ2v) is 11.2. The fraction of sp³-hybridized carbons (Fsp3) is 0.667. The van der Waals surface area contributed by atoms with Gasteiger partial charge >= 0.3 is 0 Å². The molecule has 6 rings (SSSR count). The largest absolute Gasteiger partial charge is 0.352 e. The second kappa shape index (κ2) is 7.48. The van der Waals surface area contributed by atoms with E-state index in [1.165, 1.54) is 55.2 Å². The van der Waals surface area contributed by atoms with Gasteiger partial charge < -0.3 is 5.32 Å². The number of H-pyrrole nitrogens is 1. The van der Waals surface area contributed by atoms with Crippen molar-refractivity contribution in [3.05, 3.63) is 28.2 Å². The zero-order chi connectivity index (χ0) is 19.1. The number of amides is 1. The molecular weight excluding hydrogens is 388 g/mol. The number of thiophene rings is 1. The Kier molecular flexibility index (Phi) is 4.99. The van der Waals surface area contributed by atoms with Crippen molar-refractivity contribution in [1.29, 1.82) is 0 Å². The van der Waals surface area contributed by atoms with Crippen LogP contribution < -0.4 is 5.32 Å². The van der Waals surface area contributed by atoms with Crippen LogP contribution in [0.1, 0.15) is 56.2 Å². The first-order valence-electron chi connectivity index (χ1n) is 10.4. The van der Waals surface area contributed by atoms with Gasteiger partial charge in [-0.1, -0.05) is 17.8 Å². The summed E-state index contributed by atoms with van der Waals surface area (Å²) < 4.78 is 0. The van der Waals surface area contributed by atoms with Crippen LogP contribution in [0.2, 0.25) is 0 Å². The molecule has 0 saturated heterocycles. The molecule has 0 radical (unpaired) electrons. The molecule has 0 aliphatic heterocycles. The number of aromatic nitrogens is 3. The topological polar surface area (TPSA) is 70.7 Å². The van der Waals surface area contributed by atoms with Gasteiger partial charge in [0.15, 0.2) is 0 Å². The smallest absolute Gasteiger partial charge is 0.230 e. The summed E-state index contributed by atoms with van der Waals surface area (Å²) in [6.45, 7) is 2.24. The average molecular weight is 417 g/mol. The van der Waals surface area contributed by atoms with Gasteiger partial charge in [0.25, 0.3) is 0 Å². The molecule has 5 nitrogen and oxygen atoms in total. The van der Waals surface area contributed by atoms with Crippen LogP contribution in [-0.2, 0) is 11.2 Å². The number of carbonyl (C=O) groups excluding carboxylic acids is 1. The molecule has 2 aromatic heterocycles. The van der Waals surface area contributed by atoms with E-state index in [4.69, 9.17) is 0 Å². The number of aromatic amines is 1. The predicted octanol–water partition coefficient (Wildman–Crippen LogP) is 4.27. The number of thioether (sulfide) groups is 1. The fourth-order valence-electron chi connectivity index (χ4n) is 6.27. The summed E-state index contributed by atoms with van der Waals surface area (Å²) in [4.78, 5) is 18.4. The quantitative estimate of drug-likeness (QED) is 0.661. The van der Waals surface area contributed by atoms with Gasteiger partial charge in [-0.3, -0.25) is 9.89 Å². The van der Waals surface area contributed by atoms with Crippen LogP contribution >= 0.6 is 23.1 Å². The standard InChI is InChI=1S/C21H28N4OS2/c1-13(21-9-14-5-15(10-21)7-16(6-14)11-21)22-19(26)12-28-20-23-18(24-25-20)8-17-3-2-4-27-17/h2-4,13-16H,5-12H2,1H3,(H,22,26)(H,23,24,25). The van der Waals surface area contributed by atoms with Crippen molar-refractivity contribution in [2.45, 2.75) is 63.1 Å². The van der Waals surface area contributed by atoms with E-state index >= 15 is 0 Å². The van der Waals surface area contributed by atoms with Gasteiger partial charge in [-0.2, -0.15) is 0 Å². The van der Waals surface area contributed by atoms with Crippen LogP contribution in [0.25, 0.3) is 0 Å². The summed E-state index contributed by atoms with van der Waals surface area (Å²) in [7, 11) is 0. The molecule has 0 spiro atoms. The fourth-order valence-corrected chi connectivity index (χ4v) is 7.61. The maximum atomic E-state index is 12.6. The molecule has 1 amide bonds. The molecule has 2 aromatic rings. The van der Waals surface area contributed by atoms with E-state index in [-0.39, 0.29) is 11.9 Å². The molecule has 2 heterocycles. The van der Waals surface area contributed by atoms with Crippen LogP contribution in [0, 0.1) is 23.2 Å². The van der Waals surface area contributed by atoms with Gasteiger partial charge in [0.2, 0.25) is 11.1 Å². The number of hydrogen-bond acceptors (Lipinski definition) is 5. The van der Waals surface area contributed by atoms with E-state index in [0.29, 0.717) is 16.3 Å². The van der Waals surface area contributed by atoms with Crippen molar-refractivity contribution in [2.24, 2.45) is 23.2 Å². The maximum Gasteiger partial charge on any atom is 0.230 e. The van der Waals surface area contributed by atoms with E-state index < -0.39 is 0 Å². The summed E-state index contributed by atoms with van der Waals surface area (Å²) in [5.41, 5.74) is 0.355. The second-order valence-electron chi connectivity index (χ2n) is 9.18. The molecule has 4 bridgehead atoms. The Morgan fingerprint density at radius 1 is 1.32 bits per heavy atom. The van der Waals surface area contributed by atoms with Crippen molar-refractivity contribution in [2.75, 3.05) is 5.75 Å². The Bertz CT molecular complexity index is 796. The summed E-state index contributed by atoms with van der Waals surface area (Å²) in [5.74, 6) is 4.08. The minimum Gasteiger partial charge on any atom is -0.352 e. The van der Waals surface area contributed by atoms with Crippen molar-refractivity contribution < 1.29 is 4.79 Å². The monoisotopic (exact) mass is 416 g/mol. The lowest BCUT2D eigenvalue weighted by Crippen LogP contribution is -2.56. The summed E-state index contributed by atoms with van der Waals surface area (Å²) in [6.07, 6.45) is 9.04. The summed E-state index contributed by atoms with van der Waals surface area (Å²) in [6, 6.07) is 4.41. The predicted molar refractivity (Wildman–Crippen MR) is 112 cm³/mol. The molecular formula is C21H28N4OS2. The van der Waals surface area contributed by atoms with Crippen LogP contribution in [0.3, 0.4) is 0 Å². The first-order chi connectivity index (χ1) is 13.6. The van der Waals surface area contributed by atoms with Crippen molar-refractivity contribution in [3.63, 3.8) is 0 Å². The Hall–Kier alpha value is -1.34. The Morgan fingerprint density at radius 3 is 2.68 bits per heavy atom. The Labute approximate surface area is 174 Å². The van der Waals surface area contributed by atoms with E-state index in [1.54, 1.807) is 11.3 Å². The van der Waals surface area contributed by atoms with E-state index in [0.717, 1.165) is 30.0 Å². The van der Waals surface area contributed by atoms with Crippen LogP contribution in [-0.4, -0.2) is 32.9 Å². The van der Waals surface area contributed by atoms with E-state index in [1.807, 2.05) is 6.07 Å². The summed E-state index contributed by atoms with van der Waals surface area (Å²) in [5, 5.41) is 13.3. The van der Waals surface area contributed by atoms with Gasteiger partial charge in [0.1, 0.15) is 5.82 Å². The molecule has 4 aliphatic carbocycles. The Morgan fingerprint density at radius 2 is 2.04 bits per heavy atom. The first kappa shape index (κ1) is 18.7. The van der Waals surface area contributed by atoms with Crippen LogP contribution in [0.4, 0.5) is 0 Å². The highest BCUT2D eigenvalue weighted by Gasteiger charge is 2.53. The molecule has 4 aliphatic rings. The molecule has 0 aromatic carbocycles. The zero-order valence-corrected chi connectivity index (χ0v) is 18.0. The molecule has 4 fully saturated rings. The van der Waals surface area contributed by atoms with Gasteiger partial charge in [-0.15, -0.1) is 16.4 Å². The SMILES string of the molecule is CC(NC(=O)CSc1n[nH]c(Cc2cccs2)n1)C12CC3CC(CC(C3)C1)C2. The average Bonchev–Trinajstić information content (AvgIpc) is 3.31. The number of nitrogens with zero attached hydrogens (tertiary/aromatic N) is 2. The number of nitrogens with one attached hydrogen (secondary N) is 2. The van der Waals surface area contributed by atoms with E-state index in [2.05, 4.69) is 38.9 Å². The maximum absolute atomic E-state index is 12.6. The lowest BCUT2D eigenvalue weighted by Gasteiger charge is -2.59. The Balaban J connectivity index is 1.13. The number of carbonyl (C=O) groups is 1. The third-order valence-corrected chi connectivity index (χ3v) is 8.87. The lowest BCUT2D eigenvalue weighted by atomic mass is 9.48. The highest BCUT2D eigenvalue weighted by molar-refractivity contribution is 7.99. The van der Waals surface area contributed by atoms with E-state index in [9.17, 15) is 4.79 Å². The molecule has 1 atom stereocenters. The molecule has 7 heteroatoms. The minimum atomic E-state index is 0.109. The molecule has 4 saturated carbocycles. The van der Waals surface area contributed by atoms with Gasteiger partial charge in [0, 0.05) is 17.3 Å². The third kappa shape index (κ3) is 3.75. The number of hydrogen-bond donors (Lipinski definition) is 2. The number of rotatable bonds is 7. The highest BCUT2D eigenvalue weighted by Crippen LogP contribution is 2.61.